The molecule has 1 aliphatic rings. The van der Waals surface area contributed by atoms with Crippen molar-refractivity contribution in [2.75, 3.05) is 19.7 Å². The molecule has 4 heteroatoms. The summed E-state index contributed by atoms with van der Waals surface area (Å²) in [5.74, 6) is 0.728. The Morgan fingerprint density at radius 2 is 2.00 bits per heavy atom. The van der Waals surface area contributed by atoms with Crippen molar-refractivity contribution in [3.05, 3.63) is 23.8 Å². The van der Waals surface area contributed by atoms with Crippen LogP contribution in [0.1, 0.15) is 38.7 Å². The van der Waals surface area contributed by atoms with Crippen molar-refractivity contribution >= 4 is 0 Å². The van der Waals surface area contributed by atoms with Crippen LogP contribution in [-0.2, 0) is 6.42 Å². The molecule has 1 heterocycles. The van der Waals surface area contributed by atoms with Crippen molar-refractivity contribution < 1.29 is 9.84 Å². The van der Waals surface area contributed by atoms with E-state index in [2.05, 4.69) is 11.8 Å². The fourth-order valence-corrected chi connectivity index (χ4v) is 2.87. The average molecular weight is 278 g/mol. The van der Waals surface area contributed by atoms with Crippen LogP contribution in [0, 0.1) is 0 Å². The van der Waals surface area contributed by atoms with Crippen LogP contribution in [0.25, 0.3) is 0 Å². The molecular weight excluding hydrogens is 252 g/mol. The molecule has 0 saturated carbocycles. The summed E-state index contributed by atoms with van der Waals surface area (Å²) in [6, 6.07) is 5.51. The smallest absolute Gasteiger partial charge is 0.161 e. The Kier molecular flexibility index (Phi) is 4.89. The largest absolute Gasteiger partial charge is 0.504 e. The van der Waals surface area contributed by atoms with Gasteiger partial charge in [0.1, 0.15) is 0 Å². The summed E-state index contributed by atoms with van der Waals surface area (Å²) in [6.45, 7) is 6.69. The SMILES string of the molecule is CCOc1cc(CC(C)(N)N2CCCCC2)ccc1O. The maximum Gasteiger partial charge on any atom is 0.161 e. The van der Waals surface area contributed by atoms with E-state index in [0.717, 1.165) is 25.1 Å². The lowest BCUT2D eigenvalue weighted by Gasteiger charge is -2.40. The van der Waals surface area contributed by atoms with Gasteiger partial charge in [0.25, 0.3) is 0 Å². The lowest BCUT2D eigenvalue weighted by Crippen LogP contribution is -2.56. The number of hydrogen-bond donors (Lipinski definition) is 2. The van der Waals surface area contributed by atoms with E-state index >= 15 is 0 Å². The molecular formula is C16H26N2O2. The molecule has 0 aromatic heterocycles. The summed E-state index contributed by atoms with van der Waals surface area (Å²) in [4.78, 5) is 2.36. The van der Waals surface area contributed by atoms with Gasteiger partial charge in [0.2, 0.25) is 0 Å². The lowest BCUT2D eigenvalue weighted by molar-refractivity contribution is 0.0855. The van der Waals surface area contributed by atoms with Gasteiger partial charge in [-0.15, -0.1) is 0 Å². The summed E-state index contributed by atoms with van der Waals surface area (Å²) in [5.41, 5.74) is 7.26. The molecule has 0 spiro atoms. The number of rotatable bonds is 5. The Balaban J connectivity index is 2.09. The van der Waals surface area contributed by atoms with Crippen LogP contribution in [0.5, 0.6) is 11.5 Å². The zero-order chi connectivity index (χ0) is 14.6. The first-order valence-electron chi connectivity index (χ1n) is 7.51. The molecule has 1 aromatic rings. The van der Waals surface area contributed by atoms with Gasteiger partial charge in [-0.1, -0.05) is 12.5 Å². The Morgan fingerprint density at radius 1 is 1.30 bits per heavy atom. The van der Waals surface area contributed by atoms with Gasteiger partial charge in [-0.3, -0.25) is 4.90 Å². The highest BCUT2D eigenvalue weighted by molar-refractivity contribution is 5.42. The molecule has 0 radical (unpaired) electrons. The number of likely N-dealkylation sites (tertiary alicyclic amines) is 1. The zero-order valence-corrected chi connectivity index (χ0v) is 12.6. The van der Waals surface area contributed by atoms with Gasteiger partial charge < -0.3 is 15.6 Å². The van der Waals surface area contributed by atoms with Gasteiger partial charge in [-0.2, -0.15) is 0 Å². The highest BCUT2D eigenvalue weighted by atomic mass is 16.5. The van der Waals surface area contributed by atoms with E-state index in [-0.39, 0.29) is 11.4 Å². The first kappa shape index (κ1) is 15.1. The number of benzene rings is 1. The van der Waals surface area contributed by atoms with E-state index in [4.69, 9.17) is 10.5 Å². The minimum atomic E-state index is -0.346. The van der Waals surface area contributed by atoms with Crippen molar-refractivity contribution in [1.29, 1.82) is 0 Å². The Bertz CT molecular complexity index is 440. The molecule has 20 heavy (non-hydrogen) atoms. The molecule has 1 fully saturated rings. The van der Waals surface area contributed by atoms with Crippen molar-refractivity contribution in [3.8, 4) is 11.5 Å². The standard InChI is InChI=1S/C16H26N2O2/c1-3-20-15-11-13(7-8-14(15)19)12-16(2,17)18-9-5-4-6-10-18/h7-8,11,19H,3-6,9-10,12,17H2,1-2H3. The number of nitrogens with two attached hydrogens (primary N) is 1. The van der Waals surface area contributed by atoms with Crippen molar-refractivity contribution in [2.24, 2.45) is 5.73 Å². The second-order valence-electron chi connectivity index (χ2n) is 5.82. The van der Waals surface area contributed by atoms with E-state index in [9.17, 15) is 5.11 Å². The second kappa shape index (κ2) is 6.46. The molecule has 0 amide bonds. The van der Waals surface area contributed by atoms with Gasteiger partial charge in [-0.05, 0) is 57.5 Å². The van der Waals surface area contributed by atoms with E-state index in [1.807, 2.05) is 19.1 Å². The Hall–Kier alpha value is -1.26. The van der Waals surface area contributed by atoms with Crippen LogP contribution in [0.15, 0.2) is 18.2 Å². The highest BCUT2D eigenvalue weighted by Crippen LogP contribution is 2.29. The number of phenols is 1. The van der Waals surface area contributed by atoms with Gasteiger partial charge in [-0.25, -0.2) is 0 Å². The number of phenolic OH excluding ortho intramolecular Hbond substituents is 1. The molecule has 0 bridgehead atoms. The van der Waals surface area contributed by atoms with Crippen molar-refractivity contribution in [3.63, 3.8) is 0 Å². The van der Waals surface area contributed by atoms with Crippen molar-refractivity contribution in [1.82, 2.24) is 4.90 Å². The molecule has 1 atom stereocenters. The third kappa shape index (κ3) is 3.64. The maximum absolute atomic E-state index is 9.75. The quantitative estimate of drug-likeness (QED) is 0.869. The van der Waals surface area contributed by atoms with Gasteiger partial charge >= 0.3 is 0 Å². The second-order valence-corrected chi connectivity index (χ2v) is 5.82. The van der Waals surface area contributed by atoms with Crippen LogP contribution in [-0.4, -0.2) is 35.4 Å². The third-order valence-corrected chi connectivity index (χ3v) is 3.96. The summed E-state index contributed by atoms with van der Waals surface area (Å²) in [6.07, 6.45) is 4.52. The Morgan fingerprint density at radius 3 is 2.65 bits per heavy atom. The predicted molar refractivity (Wildman–Crippen MR) is 81.0 cm³/mol. The molecule has 1 unspecified atom stereocenters. The van der Waals surface area contributed by atoms with Gasteiger partial charge in [0.05, 0.1) is 12.3 Å². The normalized spacial score (nSPS) is 19.6. The predicted octanol–water partition coefficient (Wildman–Crippen LogP) is 2.49. The number of aromatic hydroxyl groups is 1. The van der Waals surface area contributed by atoms with Crippen LogP contribution in [0.2, 0.25) is 0 Å². The summed E-state index contributed by atoms with van der Waals surface area (Å²) >= 11 is 0. The fraction of sp³-hybridized carbons (Fsp3) is 0.625. The zero-order valence-electron chi connectivity index (χ0n) is 12.6. The molecule has 4 nitrogen and oxygen atoms in total. The first-order chi connectivity index (χ1) is 9.53. The molecule has 112 valence electrons. The molecule has 2 rings (SSSR count). The number of hydrogen-bond acceptors (Lipinski definition) is 4. The molecule has 1 aromatic carbocycles. The minimum absolute atomic E-state index is 0.187. The maximum atomic E-state index is 9.75. The fourth-order valence-electron chi connectivity index (χ4n) is 2.87. The average Bonchev–Trinajstić information content (AvgIpc) is 2.43. The third-order valence-electron chi connectivity index (χ3n) is 3.96. The van der Waals surface area contributed by atoms with E-state index in [0.29, 0.717) is 12.4 Å². The van der Waals surface area contributed by atoms with Gasteiger partial charge in [0.15, 0.2) is 11.5 Å². The number of piperidine rings is 1. The van der Waals surface area contributed by atoms with E-state index in [1.165, 1.54) is 19.3 Å². The topological polar surface area (TPSA) is 58.7 Å². The Labute approximate surface area is 121 Å². The lowest BCUT2D eigenvalue weighted by atomic mass is 9.97. The monoisotopic (exact) mass is 278 g/mol. The molecule has 3 N–H and O–H groups in total. The van der Waals surface area contributed by atoms with Crippen LogP contribution in [0.3, 0.4) is 0 Å². The summed E-state index contributed by atoms with van der Waals surface area (Å²) in [5, 5.41) is 9.75. The van der Waals surface area contributed by atoms with Crippen molar-refractivity contribution in [2.45, 2.75) is 45.2 Å². The molecule has 1 aliphatic heterocycles. The molecule has 0 aliphatic carbocycles. The van der Waals surface area contributed by atoms with Gasteiger partial charge in [0, 0.05) is 6.42 Å². The number of ether oxygens (including phenoxy) is 1. The van der Waals surface area contributed by atoms with Crippen LogP contribution in [0.4, 0.5) is 0 Å². The van der Waals surface area contributed by atoms with E-state index in [1.54, 1.807) is 6.07 Å². The number of nitrogens with zero attached hydrogens (tertiary/aromatic N) is 1. The van der Waals surface area contributed by atoms with Crippen LogP contribution >= 0.6 is 0 Å². The summed E-state index contributed by atoms with van der Waals surface area (Å²) in [7, 11) is 0. The highest BCUT2D eigenvalue weighted by Gasteiger charge is 2.28. The van der Waals surface area contributed by atoms with E-state index < -0.39 is 0 Å². The molecule has 1 saturated heterocycles. The minimum Gasteiger partial charge on any atom is -0.504 e. The summed E-state index contributed by atoms with van der Waals surface area (Å²) < 4.78 is 5.43. The first-order valence-corrected chi connectivity index (χ1v) is 7.51. The van der Waals surface area contributed by atoms with Crippen LogP contribution < -0.4 is 10.5 Å².